The van der Waals surface area contributed by atoms with E-state index in [1.54, 1.807) is 36.4 Å². The summed E-state index contributed by atoms with van der Waals surface area (Å²) in [5.41, 5.74) is 1.70. The molecular weight excluding hydrogens is 368 g/mol. The van der Waals surface area contributed by atoms with Crippen LogP contribution in [-0.4, -0.2) is 51.1 Å². The highest BCUT2D eigenvalue weighted by molar-refractivity contribution is 5.99. The van der Waals surface area contributed by atoms with Gasteiger partial charge >= 0.3 is 0 Å². The van der Waals surface area contributed by atoms with Crippen molar-refractivity contribution in [3.63, 3.8) is 0 Å². The highest BCUT2D eigenvalue weighted by Crippen LogP contribution is 2.38. The molecule has 1 fully saturated rings. The molecule has 0 radical (unpaired) electrons. The molecule has 4 rings (SSSR count). The fraction of sp³-hybridized carbons (Fsp3) is 0.364. The van der Waals surface area contributed by atoms with Gasteiger partial charge in [-0.2, -0.15) is 0 Å². The number of piperidine rings is 1. The van der Waals surface area contributed by atoms with Gasteiger partial charge in [0.15, 0.2) is 0 Å². The highest BCUT2D eigenvalue weighted by Gasteiger charge is 2.47. The molecule has 0 bridgehead atoms. The van der Waals surface area contributed by atoms with Crippen LogP contribution in [0.1, 0.15) is 42.1 Å². The molecule has 7 nitrogen and oxygen atoms in total. The van der Waals surface area contributed by atoms with Gasteiger partial charge in [-0.05, 0) is 36.6 Å². The number of carbonyl (C=O) groups is 3. The van der Waals surface area contributed by atoms with Crippen molar-refractivity contribution in [2.24, 2.45) is 0 Å². The normalized spacial score (nSPS) is 17.8. The van der Waals surface area contributed by atoms with Crippen LogP contribution in [0.5, 0.6) is 0 Å². The van der Waals surface area contributed by atoms with E-state index in [1.165, 1.54) is 0 Å². The molecule has 1 saturated heterocycles. The Morgan fingerprint density at radius 3 is 2.55 bits per heavy atom. The topological polar surface area (TPSA) is 82.6 Å². The number of anilines is 1. The maximum absolute atomic E-state index is 13.2. The monoisotopic (exact) mass is 392 g/mol. The molecule has 3 amide bonds. The Balaban J connectivity index is 1.58. The smallest absolute Gasteiger partial charge is 0.254 e. The van der Waals surface area contributed by atoms with E-state index in [4.69, 9.17) is 0 Å². The fourth-order valence-corrected chi connectivity index (χ4v) is 4.36. The van der Waals surface area contributed by atoms with Gasteiger partial charge in [0.2, 0.25) is 11.8 Å². The lowest BCUT2D eigenvalue weighted by Gasteiger charge is -2.47. The Labute approximate surface area is 169 Å². The van der Waals surface area contributed by atoms with E-state index in [0.717, 1.165) is 5.56 Å². The zero-order valence-electron chi connectivity index (χ0n) is 16.4. The van der Waals surface area contributed by atoms with Gasteiger partial charge in [-0.25, -0.2) is 0 Å². The number of nitrogens with zero attached hydrogens (tertiary/aromatic N) is 3. The van der Waals surface area contributed by atoms with E-state index in [2.05, 4.69) is 10.3 Å². The van der Waals surface area contributed by atoms with Crippen molar-refractivity contribution >= 4 is 23.4 Å². The third-order valence-corrected chi connectivity index (χ3v) is 5.97. The van der Waals surface area contributed by atoms with Gasteiger partial charge in [0, 0.05) is 38.3 Å². The summed E-state index contributed by atoms with van der Waals surface area (Å²) in [6, 6.07) is 11.1. The first-order chi connectivity index (χ1) is 14.0. The van der Waals surface area contributed by atoms with Crippen molar-refractivity contribution in [3.05, 3.63) is 59.9 Å². The molecule has 2 aliphatic rings. The SMILES string of the molecule is CC(=O)N1CCC(CC(=O)Nc2cccnc2)(N2Cc3ccccc3C2=O)CC1. The van der Waals surface area contributed by atoms with Gasteiger partial charge in [0.1, 0.15) is 0 Å². The highest BCUT2D eigenvalue weighted by atomic mass is 16.2. The molecule has 0 saturated carbocycles. The second-order valence-electron chi connectivity index (χ2n) is 7.75. The van der Waals surface area contributed by atoms with Crippen LogP contribution in [0, 0.1) is 0 Å². The Morgan fingerprint density at radius 1 is 1.14 bits per heavy atom. The van der Waals surface area contributed by atoms with Crippen molar-refractivity contribution in [3.8, 4) is 0 Å². The minimum Gasteiger partial charge on any atom is -0.343 e. The largest absolute Gasteiger partial charge is 0.343 e. The lowest BCUT2D eigenvalue weighted by molar-refractivity contribution is -0.131. The molecule has 150 valence electrons. The molecule has 0 spiro atoms. The molecule has 2 aromatic rings. The van der Waals surface area contributed by atoms with E-state index in [1.807, 2.05) is 29.2 Å². The quantitative estimate of drug-likeness (QED) is 0.866. The maximum Gasteiger partial charge on any atom is 0.254 e. The molecule has 7 heteroatoms. The van der Waals surface area contributed by atoms with Crippen LogP contribution in [-0.2, 0) is 16.1 Å². The number of amides is 3. The minimum atomic E-state index is -0.617. The van der Waals surface area contributed by atoms with E-state index in [9.17, 15) is 14.4 Å². The van der Waals surface area contributed by atoms with Gasteiger partial charge in [-0.3, -0.25) is 19.4 Å². The van der Waals surface area contributed by atoms with Gasteiger partial charge in [0.05, 0.1) is 23.8 Å². The summed E-state index contributed by atoms with van der Waals surface area (Å²) in [5, 5.41) is 2.89. The summed E-state index contributed by atoms with van der Waals surface area (Å²) >= 11 is 0. The molecular formula is C22H24N4O3. The third-order valence-electron chi connectivity index (χ3n) is 5.97. The van der Waals surface area contributed by atoms with Crippen LogP contribution in [0.15, 0.2) is 48.8 Å². The molecule has 3 heterocycles. The second-order valence-corrected chi connectivity index (χ2v) is 7.75. The van der Waals surface area contributed by atoms with Crippen molar-refractivity contribution in [1.82, 2.24) is 14.8 Å². The first-order valence-electron chi connectivity index (χ1n) is 9.84. The Bertz CT molecular complexity index is 936. The van der Waals surface area contributed by atoms with Crippen molar-refractivity contribution in [1.29, 1.82) is 0 Å². The standard InChI is InChI=1S/C22H24N4O3/c1-16(27)25-11-8-22(9-12-25,13-20(28)24-18-6-4-10-23-14-18)26-15-17-5-2-3-7-19(17)21(26)29/h2-7,10,14H,8-9,11-13,15H2,1H3,(H,24,28). The summed E-state index contributed by atoms with van der Waals surface area (Å²) in [5.74, 6) is -0.168. The number of hydrogen-bond donors (Lipinski definition) is 1. The van der Waals surface area contributed by atoms with Crippen LogP contribution < -0.4 is 5.32 Å². The van der Waals surface area contributed by atoms with Crippen molar-refractivity contribution in [2.75, 3.05) is 18.4 Å². The zero-order chi connectivity index (χ0) is 20.4. The van der Waals surface area contributed by atoms with Crippen LogP contribution in [0.2, 0.25) is 0 Å². The van der Waals surface area contributed by atoms with Crippen molar-refractivity contribution < 1.29 is 14.4 Å². The number of pyridine rings is 1. The average Bonchev–Trinajstić information content (AvgIpc) is 3.06. The van der Waals surface area contributed by atoms with E-state index in [0.29, 0.717) is 43.7 Å². The summed E-state index contributed by atoms with van der Waals surface area (Å²) in [4.78, 5) is 45.5. The van der Waals surface area contributed by atoms with Crippen LogP contribution in [0.4, 0.5) is 5.69 Å². The third kappa shape index (κ3) is 3.72. The van der Waals surface area contributed by atoms with Gasteiger partial charge in [-0.1, -0.05) is 18.2 Å². The van der Waals surface area contributed by atoms with Gasteiger partial charge in [-0.15, -0.1) is 0 Å². The Morgan fingerprint density at radius 2 is 1.90 bits per heavy atom. The molecule has 0 aliphatic carbocycles. The number of carbonyl (C=O) groups excluding carboxylic acids is 3. The molecule has 0 atom stereocenters. The number of nitrogens with one attached hydrogen (secondary N) is 1. The summed E-state index contributed by atoms with van der Waals surface area (Å²) < 4.78 is 0. The lowest BCUT2D eigenvalue weighted by atomic mass is 9.82. The molecule has 1 aromatic carbocycles. The Hall–Kier alpha value is -3.22. The first-order valence-corrected chi connectivity index (χ1v) is 9.84. The molecule has 2 aliphatic heterocycles. The maximum atomic E-state index is 13.2. The predicted molar refractivity (Wildman–Crippen MR) is 108 cm³/mol. The summed E-state index contributed by atoms with van der Waals surface area (Å²) in [7, 11) is 0. The van der Waals surface area contributed by atoms with Crippen LogP contribution in [0.3, 0.4) is 0 Å². The molecule has 0 unspecified atom stereocenters. The number of fused-ring (bicyclic) bond motifs is 1. The number of aromatic nitrogens is 1. The second kappa shape index (κ2) is 7.66. The molecule has 29 heavy (non-hydrogen) atoms. The number of hydrogen-bond acceptors (Lipinski definition) is 4. The van der Waals surface area contributed by atoms with Crippen LogP contribution in [0.25, 0.3) is 0 Å². The minimum absolute atomic E-state index is 0.0226. The average molecular weight is 392 g/mol. The van der Waals surface area contributed by atoms with E-state index in [-0.39, 0.29) is 24.1 Å². The van der Waals surface area contributed by atoms with E-state index < -0.39 is 5.54 Å². The van der Waals surface area contributed by atoms with Gasteiger partial charge in [0.25, 0.3) is 5.91 Å². The van der Waals surface area contributed by atoms with E-state index >= 15 is 0 Å². The number of benzene rings is 1. The number of likely N-dealkylation sites (tertiary alicyclic amines) is 1. The molecule has 1 aromatic heterocycles. The van der Waals surface area contributed by atoms with Crippen LogP contribution >= 0.6 is 0 Å². The fourth-order valence-electron chi connectivity index (χ4n) is 4.36. The summed E-state index contributed by atoms with van der Waals surface area (Å²) in [6.45, 7) is 3.12. The zero-order valence-corrected chi connectivity index (χ0v) is 16.4. The Kier molecular flexibility index (Phi) is 5.05. The van der Waals surface area contributed by atoms with Crippen molar-refractivity contribution in [2.45, 2.75) is 38.3 Å². The predicted octanol–water partition coefficient (Wildman–Crippen LogP) is 2.45. The molecule has 1 N–H and O–H groups in total. The van der Waals surface area contributed by atoms with Gasteiger partial charge < -0.3 is 15.1 Å². The summed E-state index contributed by atoms with van der Waals surface area (Å²) in [6.07, 6.45) is 4.58. The first kappa shape index (κ1) is 19.1. The lowest BCUT2D eigenvalue weighted by Crippen LogP contribution is -2.57. The number of rotatable bonds is 4.